The van der Waals surface area contributed by atoms with Crippen molar-refractivity contribution in [3.05, 3.63) is 33.9 Å². The van der Waals surface area contributed by atoms with Gasteiger partial charge in [-0.15, -0.1) is 0 Å². The Morgan fingerprint density at radius 3 is 2.76 bits per heavy atom. The number of fused-ring (bicyclic) bond motifs is 1. The molecule has 0 saturated heterocycles. The molecule has 0 spiro atoms. The Bertz CT molecular complexity index is 631. The molecule has 0 radical (unpaired) electrons. The van der Waals surface area contributed by atoms with Crippen LogP contribution in [0.5, 0.6) is 5.75 Å². The molecular formula is C16H20Cl2N2O. The number of benzene rings is 1. The van der Waals surface area contributed by atoms with Gasteiger partial charge in [0.05, 0.1) is 10.0 Å². The fourth-order valence-corrected chi connectivity index (χ4v) is 2.69. The van der Waals surface area contributed by atoms with E-state index in [9.17, 15) is 0 Å². The lowest BCUT2D eigenvalue weighted by atomic mass is 10.2. The van der Waals surface area contributed by atoms with Gasteiger partial charge in [0.1, 0.15) is 11.6 Å². The number of aromatic nitrogens is 1. The van der Waals surface area contributed by atoms with Gasteiger partial charge in [-0.05, 0) is 45.0 Å². The molecule has 5 heteroatoms. The molecule has 2 aromatic rings. The number of ether oxygens (including phenoxy) is 1. The summed E-state index contributed by atoms with van der Waals surface area (Å²) in [6, 6.07) is 5.59. The van der Waals surface area contributed by atoms with Gasteiger partial charge in [0, 0.05) is 17.6 Å². The molecule has 1 aromatic heterocycles. The minimum atomic E-state index is 0.000683. The molecule has 1 N–H and O–H groups in total. The number of hydrogen-bond acceptors (Lipinski definition) is 3. The topological polar surface area (TPSA) is 34.1 Å². The van der Waals surface area contributed by atoms with Crippen LogP contribution in [0.25, 0.3) is 10.9 Å². The van der Waals surface area contributed by atoms with E-state index >= 15 is 0 Å². The average Bonchev–Trinajstić information content (AvgIpc) is 2.43. The summed E-state index contributed by atoms with van der Waals surface area (Å²) >= 11 is 12.5. The zero-order chi connectivity index (χ0) is 15.4. The Morgan fingerprint density at radius 2 is 2.05 bits per heavy atom. The summed E-state index contributed by atoms with van der Waals surface area (Å²) in [6.45, 7) is 7.81. The van der Waals surface area contributed by atoms with Crippen molar-refractivity contribution in [3.8, 4) is 5.75 Å². The smallest absolute Gasteiger partial charge is 0.164 e. The first-order chi connectivity index (χ1) is 10.0. The van der Waals surface area contributed by atoms with Crippen LogP contribution in [0.1, 0.15) is 26.0 Å². The van der Waals surface area contributed by atoms with Gasteiger partial charge in [0.2, 0.25) is 0 Å². The van der Waals surface area contributed by atoms with Crippen molar-refractivity contribution in [1.82, 2.24) is 10.3 Å². The molecule has 0 saturated carbocycles. The Labute approximate surface area is 135 Å². The molecule has 21 heavy (non-hydrogen) atoms. The fourth-order valence-electron chi connectivity index (χ4n) is 2.13. The van der Waals surface area contributed by atoms with E-state index in [2.05, 4.69) is 17.2 Å². The molecule has 114 valence electrons. The molecule has 2 rings (SSSR count). The van der Waals surface area contributed by atoms with E-state index < -0.39 is 0 Å². The van der Waals surface area contributed by atoms with Crippen molar-refractivity contribution < 1.29 is 4.74 Å². The van der Waals surface area contributed by atoms with Crippen LogP contribution in [-0.2, 0) is 0 Å². The normalized spacial score (nSPS) is 12.6. The predicted molar refractivity (Wildman–Crippen MR) is 89.8 cm³/mol. The molecule has 3 nitrogen and oxygen atoms in total. The summed E-state index contributed by atoms with van der Waals surface area (Å²) in [5.74, 6) is 0.602. The van der Waals surface area contributed by atoms with E-state index in [0.29, 0.717) is 15.8 Å². The van der Waals surface area contributed by atoms with Crippen LogP contribution in [0.4, 0.5) is 0 Å². The maximum atomic E-state index is 6.30. The SMILES string of the molecule is CCCNCC(C)Oc1c(Cl)cc(Cl)c2ccc(C)nc12. The zero-order valence-electron chi connectivity index (χ0n) is 12.5. The van der Waals surface area contributed by atoms with Crippen LogP contribution >= 0.6 is 23.2 Å². The standard InChI is InChI=1S/C16H20Cl2N2O/c1-4-7-19-9-11(3)21-16-14(18)8-13(17)12-6-5-10(2)20-15(12)16/h5-6,8,11,19H,4,7,9H2,1-3H3. The molecule has 0 aliphatic heterocycles. The Morgan fingerprint density at radius 1 is 1.29 bits per heavy atom. The van der Waals surface area contributed by atoms with Crippen molar-refractivity contribution in [2.24, 2.45) is 0 Å². The number of pyridine rings is 1. The Hall–Kier alpha value is -1.03. The van der Waals surface area contributed by atoms with Gasteiger partial charge < -0.3 is 10.1 Å². The zero-order valence-corrected chi connectivity index (χ0v) is 14.1. The van der Waals surface area contributed by atoms with Crippen molar-refractivity contribution in [2.75, 3.05) is 13.1 Å². The maximum Gasteiger partial charge on any atom is 0.164 e. The van der Waals surface area contributed by atoms with Gasteiger partial charge in [-0.25, -0.2) is 4.98 Å². The van der Waals surface area contributed by atoms with E-state index in [-0.39, 0.29) is 6.10 Å². The first-order valence-electron chi connectivity index (χ1n) is 7.15. The number of halogens is 2. The summed E-state index contributed by atoms with van der Waals surface area (Å²) in [6.07, 6.45) is 1.10. The van der Waals surface area contributed by atoms with Crippen molar-refractivity contribution >= 4 is 34.1 Å². The lowest BCUT2D eigenvalue weighted by molar-refractivity contribution is 0.220. The number of rotatable bonds is 6. The van der Waals surface area contributed by atoms with Crippen LogP contribution in [-0.4, -0.2) is 24.2 Å². The fraction of sp³-hybridized carbons (Fsp3) is 0.438. The molecule has 0 bridgehead atoms. The monoisotopic (exact) mass is 326 g/mol. The summed E-state index contributed by atoms with van der Waals surface area (Å²) in [5.41, 5.74) is 1.62. The van der Waals surface area contributed by atoms with E-state index in [1.807, 2.05) is 26.0 Å². The molecule has 0 amide bonds. The predicted octanol–water partition coefficient (Wildman–Crippen LogP) is 4.62. The molecule has 0 fully saturated rings. The highest BCUT2D eigenvalue weighted by atomic mass is 35.5. The van der Waals surface area contributed by atoms with E-state index in [1.54, 1.807) is 6.07 Å². The average molecular weight is 327 g/mol. The third-order valence-electron chi connectivity index (χ3n) is 3.15. The highest BCUT2D eigenvalue weighted by molar-refractivity contribution is 6.39. The molecular weight excluding hydrogens is 307 g/mol. The van der Waals surface area contributed by atoms with E-state index in [1.165, 1.54) is 0 Å². The lowest BCUT2D eigenvalue weighted by Gasteiger charge is -2.18. The number of nitrogens with one attached hydrogen (secondary N) is 1. The quantitative estimate of drug-likeness (QED) is 0.786. The molecule has 1 atom stereocenters. The first-order valence-corrected chi connectivity index (χ1v) is 7.91. The second-order valence-corrected chi connectivity index (χ2v) is 5.97. The largest absolute Gasteiger partial charge is 0.486 e. The Balaban J connectivity index is 2.32. The molecule has 0 aliphatic rings. The van der Waals surface area contributed by atoms with Crippen LogP contribution in [0.15, 0.2) is 18.2 Å². The first kappa shape index (κ1) is 16.3. The van der Waals surface area contributed by atoms with Crippen molar-refractivity contribution in [2.45, 2.75) is 33.3 Å². The van der Waals surface area contributed by atoms with Gasteiger partial charge in [-0.2, -0.15) is 0 Å². The second kappa shape index (κ2) is 7.30. The highest BCUT2D eigenvalue weighted by Gasteiger charge is 2.15. The van der Waals surface area contributed by atoms with Gasteiger partial charge >= 0.3 is 0 Å². The van der Waals surface area contributed by atoms with Crippen molar-refractivity contribution in [1.29, 1.82) is 0 Å². The van der Waals surface area contributed by atoms with Gasteiger partial charge in [0.25, 0.3) is 0 Å². The number of hydrogen-bond donors (Lipinski definition) is 1. The maximum absolute atomic E-state index is 6.30. The lowest BCUT2D eigenvalue weighted by Crippen LogP contribution is -2.29. The Kier molecular flexibility index (Phi) is 5.68. The second-order valence-electron chi connectivity index (χ2n) is 5.15. The molecule has 1 unspecified atom stereocenters. The van der Waals surface area contributed by atoms with E-state index in [0.717, 1.165) is 36.1 Å². The summed E-state index contributed by atoms with van der Waals surface area (Å²) in [7, 11) is 0. The van der Waals surface area contributed by atoms with Crippen LogP contribution in [0.3, 0.4) is 0 Å². The van der Waals surface area contributed by atoms with Crippen LogP contribution in [0.2, 0.25) is 10.0 Å². The van der Waals surface area contributed by atoms with Crippen LogP contribution in [0, 0.1) is 6.92 Å². The minimum Gasteiger partial charge on any atom is -0.486 e. The number of nitrogens with zero attached hydrogens (tertiary/aromatic N) is 1. The summed E-state index contributed by atoms with van der Waals surface area (Å²) < 4.78 is 6.00. The number of aryl methyl sites for hydroxylation is 1. The summed E-state index contributed by atoms with van der Waals surface area (Å²) in [5, 5.41) is 5.27. The van der Waals surface area contributed by atoms with Crippen LogP contribution < -0.4 is 10.1 Å². The molecule has 1 aromatic carbocycles. The van der Waals surface area contributed by atoms with Gasteiger partial charge in [-0.1, -0.05) is 30.1 Å². The molecule has 0 aliphatic carbocycles. The highest BCUT2D eigenvalue weighted by Crippen LogP contribution is 2.37. The third-order valence-corrected chi connectivity index (χ3v) is 3.75. The minimum absolute atomic E-state index is 0.000683. The van der Waals surface area contributed by atoms with Crippen molar-refractivity contribution in [3.63, 3.8) is 0 Å². The summed E-state index contributed by atoms with van der Waals surface area (Å²) in [4.78, 5) is 4.53. The van der Waals surface area contributed by atoms with Gasteiger partial charge in [0.15, 0.2) is 5.75 Å². The third kappa shape index (κ3) is 4.00. The van der Waals surface area contributed by atoms with Gasteiger partial charge in [-0.3, -0.25) is 0 Å². The van der Waals surface area contributed by atoms with E-state index in [4.69, 9.17) is 27.9 Å². The molecule has 1 heterocycles.